The van der Waals surface area contributed by atoms with Gasteiger partial charge >= 0.3 is 12.1 Å². The molecule has 0 aliphatic carbocycles. The first-order valence-corrected chi connectivity index (χ1v) is 1.68. The van der Waals surface area contributed by atoms with Crippen molar-refractivity contribution in [2.75, 3.05) is 0 Å². The van der Waals surface area contributed by atoms with E-state index in [1.54, 1.807) is 0 Å². The quantitative estimate of drug-likeness (QED) is 0.208. The molecule has 0 aromatic rings. The van der Waals surface area contributed by atoms with Gasteiger partial charge < -0.3 is 16.6 Å². The summed E-state index contributed by atoms with van der Waals surface area (Å²) in [4.78, 5) is 18.0. The number of carbonyl (C=O) groups is 2. The number of urea groups is 1. The van der Waals surface area contributed by atoms with Crippen LogP contribution in [-0.2, 0) is 0 Å². The first kappa shape index (κ1) is 10.5. The first-order chi connectivity index (χ1) is 4.00. The van der Waals surface area contributed by atoms with E-state index in [0.29, 0.717) is 0 Å². The highest BCUT2D eigenvalue weighted by atomic mass is 16.5. The van der Waals surface area contributed by atoms with Gasteiger partial charge in [0.1, 0.15) is 0 Å². The van der Waals surface area contributed by atoms with Gasteiger partial charge in [0, 0.05) is 0 Å². The highest BCUT2D eigenvalue weighted by molar-refractivity contribution is 5.69. The molecule has 0 heterocycles. The monoisotopic (exact) mass is 137 g/mol. The summed E-state index contributed by atoms with van der Waals surface area (Å²) in [6.45, 7) is 0. The average Bonchev–Trinajstić information content (AvgIpc) is 1.65. The largest absolute Gasteiger partial charge is 0.464 e. The van der Waals surface area contributed by atoms with E-state index in [4.69, 9.17) is 19.9 Å². The Labute approximate surface area is 50.2 Å². The molecule has 0 rings (SSSR count). The van der Waals surface area contributed by atoms with Crippen LogP contribution in [0.5, 0.6) is 0 Å². The van der Waals surface area contributed by atoms with Crippen LogP contribution in [0.15, 0.2) is 0 Å². The third kappa shape index (κ3) is 526. The standard InChI is InChI=1S/CH4N2O.CH3NO3/c2-1(3)4;3-1(4)2-5/h(H4,2,3,4);2,5H,(H,3,4). The molecule has 0 aliphatic rings. The van der Waals surface area contributed by atoms with Crippen LogP contribution >= 0.6 is 0 Å². The maximum absolute atomic E-state index is 9.01. The van der Waals surface area contributed by atoms with Crippen LogP contribution in [0.3, 0.4) is 0 Å². The van der Waals surface area contributed by atoms with E-state index in [2.05, 4.69) is 11.5 Å². The molecule has 9 heavy (non-hydrogen) atoms. The van der Waals surface area contributed by atoms with Crippen molar-refractivity contribution in [2.45, 2.75) is 0 Å². The summed E-state index contributed by atoms with van der Waals surface area (Å²) in [6, 6.07) is -0.833. The SMILES string of the molecule is NC(N)=O.O=C(O)NO. The van der Waals surface area contributed by atoms with E-state index < -0.39 is 12.1 Å². The van der Waals surface area contributed by atoms with Crippen LogP contribution in [0.2, 0.25) is 0 Å². The molecular formula is C2H7N3O4. The van der Waals surface area contributed by atoms with Crippen molar-refractivity contribution >= 4 is 12.1 Å². The lowest BCUT2D eigenvalue weighted by atomic mass is 11.2. The fraction of sp³-hybridized carbons (Fsp3) is 0. The molecule has 0 spiro atoms. The molecule has 0 radical (unpaired) electrons. The number of nitrogens with two attached hydrogens (primary N) is 2. The number of hydrogen-bond acceptors (Lipinski definition) is 3. The molecule has 7 N–H and O–H groups in total. The Bertz CT molecular complexity index is 98.0. The summed E-state index contributed by atoms with van der Waals surface area (Å²) >= 11 is 0. The summed E-state index contributed by atoms with van der Waals surface area (Å²) in [7, 11) is 0. The van der Waals surface area contributed by atoms with Crippen molar-refractivity contribution in [1.82, 2.24) is 5.48 Å². The van der Waals surface area contributed by atoms with Gasteiger partial charge in [-0.25, -0.2) is 15.1 Å². The molecule has 54 valence electrons. The van der Waals surface area contributed by atoms with Crippen LogP contribution < -0.4 is 16.9 Å². The molecular weight excluding hydrogens is 130 g/mol. The van der Waals surface area contributed by atoms with Gasteiger partial charge in [-0.3, -0.25) is 5.21 Å². The van der Waals surface area contributed by atoms with Crippen molar-refractivity contribution in [3.63, 3.8) is 0 Å². The van der Waals surface area contributed by atoms with Gasteiger partial charge in [0.15, 0.2) is 0 Å². The topological polar surface area (TPSA) is 139 Å². The van der Waals surface area contributed by atoms with Gasteiger partial charge in [0.05, 0.1) is 0 Å². The first-order valence-electron chi connectivity index (χ1n) is 1.68. The molecule has 0 saturated carbocycles. The smallest absolute Gasteiger partial charge is 0.428 e. The molecule has 0 fully saturated rings. The van der Waals surface area contributed by atoms with E-state index in [1.807, 2.05) is 0 Å². The zero-order valence-electron chi connectivity index (χ0n) is 4.37. The van der Waals surface area contributed by atoms with E-state index in [1.165, 1.54) is 0 Å². The molecule has 0 bridgehead atoms. The Morgan fingerprint density at radius 2 is 1.44 bits per heavy atom. The Hall–Kier alpha value is -1.50. The summed E-state index contributed by atoms with van der Waals surface area (Å²) in [5.74, 6) is 0. The zero-order valence-corrected chi connectivity index (χ0v) is 4.37. The summed E-state index contributed by atoms with van der Waals surface area (Å²) < 4.78 is 0. The third-order valence-corrected chi connectivity index (χ3v) is 0.0956. The van der Waals surface area contributed by atoms with Crippen LogP contribution in [0.1, 0.15) is 0 Å². The zero-order chi connectivity index (χ0) is 7.86. The van der Waals surface area contributed by atoms with Gasteiger partial charge in [0.2, 0.25) is 0 Å². The van der Waals surface area contributed by atoms with Crippen molar-refractivity contribution in [2.24, 2.45) is 11.5 Å². The molecule has 7 heteroatoms. The lowest BCUT2D eigenvalue weighted by Crippen LogP contribution is -2.18. The minimum absolute atomic E-state index is 0.833. The molecule has 0 saturated heterocycles. The van der Waals surface area contributed by atoms with Crippen LogP contribution in [0, 0.1) is 0 Å². The summed E-state index contributed by atoms with van der Waals surface area (Å²) in [5, 5.41) is 14.7. The van der Waals surface area contributed by atoms with Crippen molar-refractivity contribution < 1.29 is 19.9 Å². The van der Waals surface area contributed by atoms with Gasteiger partial charge in [-0.2, -0.15) is 0 Å². The van der Waals surface area contributed by atoms with Gasteiger partial charge in [-0.05, 0) is 0 Å². The molecule has 0 aliphatic heterocycles. The lowest BCUT2D eigenvalue weighted by Gasteiger charge is -1.77. The fourth-order valence-corrected chi connectivity index (χ4v) is 0. The number of carbonyl (C=O) groups excluding carboxylic acids is 1. The number of carboxylic acid groups (broad SMARTS) is 1. The highest BCUT2D eigenvalue weighted by Gasteiger charge is 1.79. The predicted octanol–water partition coefficient (Wildman–Crippen LogP) is -1.33. The van der Waals surface area contributed by atoms with E-state index in [0.717, 1.165) is 5.48 Å². The summed E-state index contributed by atoms with van der Waals surface area (Å²) in [6.07, 6.45) is -1.44. The Morgan fingerprint density at radius 1 is 1.33 bits per heavy atom. The number of rotatable bonds is 0. The third-order valence-electron chi connectivity index (χ3n) is 0.0956. The Kier molecular flexibility index (Phi) is 7.57. The number of amides is 3. The second-order valence-corrected chi connectivity index (χ2v) is 0.819. The van der Waals surface area contributed by atoms with Gasteiger partial charge in [-0.15, -0.1) is 0 Å². The Balaban J connectivity index is 0. The van der Waals surface area contributed by atoms with E-state index in [9.17, 15) is 0 Å². The summed E-state index contributed by atoms with van der Waals surface area (Å²) in [5.41, 5.74) is 9.44. The number of nitrogens with one attached hydrogen (secondary N) is 1. The average molecular weight is 137 g/mol. The predicted molar refractivity (Wildman–Crippen MR) is 26.7 cm³/mol. The second kappa shape index (κ2) is 6.50. The minimum atomic E-state index is -1.44. The second-order valence-electron chi connectivity index (χ2n) is 0.819. The normalized spacial score (nSPS) is 6.33. The van der Waals surface area contributed by atoms with Crippen molar-refractivity contribution in [3.8, 4) is 0 Å². The number of primary amides is 2. The van der Waals surface area contributed by atoms with Crippen LogP contribution in [0.25, 0.3) is 0 Å². The molecule has 0 unspecified atom stereocenters. The molecule has 7 nitrogen and oxygen atoms in total. The Morgan fingerprint density at radius 3 is 1.44 bits per heavy atom. The van der Waals surface area contributed by atoms with Gasteiger partial charge in [-0.1, -0.05) is 0 Å². The fourth-order valence-electron chi connectivity index (χ4n) is 0. The van der Waals surface area contributed by atoms with Crippen molar-refractivity contribution in [1.29, 1.82) is 0 Å². The van der Waals surface area contributed by atoms with Crippen LogP contribution in [-0.4, -0.2) is 22.4 Å². The van der Waals surface area contributed by atoms with Crippen molar-refractivity contribution in [3.05, 3.63) is 0 Å². The van der Waals surface area contributed by atoms with E-state index in [-0.39, 0.29) is 0 Å². The molecule has 0 atom stereocenters. The minimum Gasteiger partial charge on any atom is -0.464 e. The lowest BCUT2D eigenvalue weighted by molar-refractivity contribution is 0.122. The van der Waals surface area contributed by atoms with Crippen LogP contribution in [0.4, 0.5) is 9.59 Å². The maximum Gasteiger partial charge on any atom is 0.428 e. The van der Waals surface area contributed by atoms with E-state index >= 15 is 0 Å². The molecule has 3 amide bonds. The maximum atomic E-state index is 9.01. The molecule has 0 aromatic carbocycles. The van der Waals surface area contributed by atoms with Gasteiger partial charge in [0.25, 0.3) is 0 Å². The number of hydroxylamine groups is 1. The highest BCUT2D eigenvalue weighted by Crippen LogP contribution is 1.45. The number of hydrogen-bond donors (Lipinski definition) is 5. The molecule has 0 aromatic heterocycles.